The zero-order valence-electron chi connectivity index (χ0n) is 11.9. The zero-order valence-corrected chi connectivity index (χ0v) is 12.7. The Balaban J connectivity index is 1.81. The Morgan fingerprint density at radius 3 is 3.05 bits per heavy atom. The van der Waals surface area contributed by atoms with Gasteiger partial charge in [0.2, 0.25) is 0 Å². The second kappa shape index (κ2) is 5.07. The van der Waals surface area contributed by atoms with Gasteiger partial charge in [0, 0.05) is 30.7 Å². The molecule has 1 aliphatic rings. The van der Waals surface area contributed by atoms with Crippen molar-refractivity contribution in [1.82, 2.24) is 15.0 Å². The smallest absolute Gasteiger partial charge is 0.138 e. The molecule has 0 saturated heterocycles. The molecular formula is C16H16N4S. The third kappa shape index (κ3) is 2.17. The molecule has 3 heterocycles. The summed E-state index contributed by atoms with van der Waals surface area (Å²) in [5, 5.41) is 4.49. The van der Waals surface area contributed by atoms with Crippen LogP contribution in [0.3, 0.4) is 0 Å². The molecule has 0 radical (unpaired) electrons. The molecule has 21 heavy (non-hydrogen) atoms. The summed E-state index contributed by atoms with van der Waals surface area (Å²) in [5.74, 6) is 1.83. The van der Waals surface area contributed by atoms with Crippen molar-refractivity contribution in [2.45, 2.75) is 25.7 Å². The van der Waals surface area contributed by atoms with Gasteiger partial charge < -0.3 is 5.32 Å². The Morgan fingerprint density at radius 1 is 1.29 bits per heavy atom. The van der Waals surface area contributed by atoms with Crippen LogP contribution in [0.2, 0.25) is 0 Å². The molecule has 0 amide bonds. The van der Waals surface area contributed by atoms with Crippen LogP contribution < -0.4 is 5.32 Å². The van der Waals surface area contributed by atoms with Gasteiger partial charge in [0.05, 0.1) is 5.39 Å². The van der Waals surface area contributed by atoms with Crippen molar-refractivity contribution >= 4 is 27.4 Å². The quantitative estimate of drug-likeness (QED) is 0.806. The highest BCUT2D eigenvalue weighted by molar-refractivity contribution is 7.19. The minimum atomic E-state index is 0.723. The number of pyridine rings is 1. The Kier molecular flexibility index (Phi) is 3.07. The average molecular weight is 296 g/mol. The number of nitrogens with zero attached hydrogens (tertiary/aromatic N) is 3. The number of nitrogens with one attached hydrogen (secondary N) is 1. The third-order valence-electron chi connectivity index (χ3n) is 3.93. The van der Waals surface area contributed by atoms with Gasteiger partial charge in [-0.25, -0.2) is 9.97 Å². The van der Waals surface area contributed by atoms with Crippen LogP contribution in [0.25, 0.3) is 10.2 Å². The fraction of sp³-hybridized carbons (Fsp3) is 0.312. The highest BCUT2D eigenvalue weighted by Crippen LogP contribution is 2.39. The minimum absolute atomic E-state index is 0.723. The summed E-state index contributed by atoms with van der Waals surface area (Å²) in [7, 11) is 1.94. The number of thiophene rings is 1. The number of fused-ring (bicyclic) bond motifs is 3. The van der Waals surface area contributed by atoms with Crippen LogP contribution in [-0.2, 0) is 19.3 Å². The summed E-state index contributed by atoms with van der Waals surface area (Å²) < 4.78 is 0. The number of aryl methyl sites for hydroxylation is 2. The van der Waals surface area contributed by atoms with E-state index in [4.69, 9.17) is 9.97 Å². The molecular weight excluding hydrogens is 280 g/mol. The topological polar surface area (TPSA) is 50.7 Å². The zero-order chi connectivity index (χ0) is 14.2. The van der Waals surface area contributed by atoms with E-state index in [2.05, 4.69) is 16.4 Å². The van der Waals surface area contributed by atoms with Crippen molar-refractivity contribution in [3.05, 3.63) is 46.4 Å². The molecule has 0 atom stereocenters. The van der Waals surface area contributed by atoms with Crippen LogP contribution >= 0.6 is 11.3 Å². The SMILES string of the molecule is CNc1nc(Cc2cccnc2)nc2sc3c(c12)CCC3. The summed E-state index contributed by atoms with van der Waals surface area (Å²) in [5.41, 5.74) is 2.61. The van der Waals surface area contributed by atoms with Gasteiger partial charge in [-0.1, -0.05) is 6.07 Å². The lowest BCUT2D eigenvalue weighted by Crippen LogP contribution is -2.02. The molecule has 3 aromatic rings. The average Bonchev–Trinajstić information content (AvgIpc) is 3.07. The van der Waals surface area contributed by atoms with E-state index in [9.17, 15) is 0 Å². The van der Waals surface area contributed by atoms with Crippen LogP contribution in [0.1, 0.15) is 28.2 Å². The largest absolute Gasteiger partial charge is 0.372 e. The Morgan fingerprint density at radius 2 is 2.24 bits per heavy atom. The maximum atomic E-state index is 4.78. The monoisotopic (exact) mass is 296 g/mol. The lowest BCUT2D eigenvalue weighted by molar-refractivity contribution is 0.916. The molecule has 4 rings (SSSR count). The van der Waals surface area contributed by atoms with Gasteiger partial charge in [-0.2, -0.15) is 0 Å². The molecule has 106 valence electrons. The lowest BCUT2D eigenvalue weighted by atomic mass is 10.1. The number of anilines is 1. The first-order valence-electron chi connectivity index (χ1n) is 7.23. The second-order valence-electron chi connectivity index (χ2n) is 5.31. The fourth-order valence-electron chi connectivity index (χ4n) is 2.99. The number of hydrogen-bond donors (Lipinski definition) is 1. The molecule has 0 bridgehead atoms. The Bertz CT molecular complexity index is 795. The van der Waals surface area contributed by atoms with E-state index < -0.39 is 0 Å². The molecule has 1 aliphatic carbocycles. The van der Waals surface area contributed by atoms with Gasteiger partial charge in [-0.3, -0.25) is 4.98 Å². The van der Waals surface area contributed by atoms with Gasteiger partial charge in [0.1, 0.15) is 16.5 Å². The normalized spacial score (nSPS) is 13.6. The van der Waals surface area contributed by atoms with Crippen LogP contribution in [0.5, 0.6) is 0 Å². The number of hydrogen-bond acceptors (Lipinski definition) is 5. The number of rotatable bonds is 3. The minimum Gasteiger partial charge on any atom is -0.372 e. The molecule has 0 saturated carbocycles. The molecule has 3 aromatic heterocycles. The van der Waals surface area contributed by atoms with E-state index in [1.807, 2.05) is 30.6 Å². The first-order chi connectivity index (χ1) is 10.3. The fourth-order valence-corrected chi connectivity index (χ4v) is 4.27. The second-order valence-corrected chi connectivity index (χ2v) is 6.40. The molecule has 0 fully saturated rings. The molecule has 0 aromatic carbocycles. The predicted octanol–water partition coefficient (Wildman–Crippen LogP) is 3.21. The molecule has 5 heteroatoms. The maximum Gasteiger partial charge on any atom is 0.138 e. The van der Waals surface area contributed by atoms with E-state index >= 15 is 0 Å². The van der Waals surface area contributed by atoms with Crippen molar-refractivity contribution in [3.63, 3.8) is 0 Å². The summed E-state index contributed by atoms with van der Waals surface area (Å²) in [4.78, 5) is 16.3. The summed E-state index contributed by atoms with van der Waals surface area (Å²) in [6, 6.07) is 4.01. The maximum absolute atomic E-state index is 4.78. The molecule has 1 N–H and O–H groups in total. The highest BCUT2D eigenvalue weighted by Gasteiger charge is 2.21. The van der Waals surface area contributed by atoms with E-state index in [0.29, 0.717) is 0 Å². The standard InChI is InChI=1S/C16H16N4S/c1-17-15-14-11-5-2-6-12(11)21-16(14)20-13(19-15)8-10-4-3-7-18-9-10/h3-4,7,9H,2,5-6,8H2,1H3,(H,17,19,20). The van der Waals surface area contributed by atoms with E-state index in [1.165, 1.54) is 28.7 Å². The molecule has 0 spiro atoms. The third-order valence-corrected chi connectivity index (χ3v) is 5.12. The molecule has 0 unspecified atom stereocenters. The van der Waals surface area contributed by atoms with Crippen LogP contribution in [0.15, 0.2) is 24.5 Å². The van der Waals surface area contributed by atoms with Crippen molar-refractivity contribution < 1.29 is 0 Å². The Labute approximate surface area is 127 Å². The van der Waals surface area contributed by atoms with Crippen molar-refractivity contribution in [2.24, 2.45) is 0 Å². The molecule has 0 aliphatic heterocycles. The van der Waals surface area contributed by atoms with Gasteiger partial charge >= 0.3 is 0 Å². The van der Waals surface area contributed by atoms with Crippen molar-refractivity contribution in [1.29, 1.82) is 0 Å². The lowest BCUT2D eigenvalue weighted by Gasteiger charge is -2.07. The van der Waals surface area contributed by atoms with Crippen molar-refractivity contribution in [3.8, 4) is 0 Å². The van der Waals surface area contributed by atoms with E-state index in [1.54, 1.807) is 6.20 Å². The first-order valence-corrected chi connectivity index (χ1v) is 8.04. The predicted molar refractivity (Wildman–Crippen MR) is 86.0 cm³/mol. The van der Waals surface area contributed by atoms with Crippen LogP contribution in [-0.4, -0.2) is 22.0 Å². The highest BCUT2D eigenvalue weighted by atomic mass is 32.1. The van der Waals surface area contributed by atoms with Gasteiger partial charge in [-0.15, -0.1) is 11.3 Å². The summed E-state index contributed by atoms with van der Waals surface area (Å²) in [6.45, 7) is 0. The Hall–Kier alpha value is -2.01. The summed E-state index contributed by atoms with van der Waals surface area (Å²) in [6.07, 6.45) is 8.00. The van der Waals surface area contributed by atoms with Crippen LogP contribution in [0.4, 0.5) is 5.82 Å². The van der Waals surface area contributed by atoms with Gasteiger partial charge in [0.15, 0.2) is 0 Å². The van der Waals surface area contributed by atoms with E-state index in [-0.39, 0.29) is 0 Å². The number of aromatic nitrogens is 3. The van der Waals surface area contributed by atoms with Crippen molar-refractivity contribution in [2.75, 3.05) is 12.4 Å². The molecule has 4 nitrogen and oxygen atoms in total. The summed E-state index contributed by atoms with van der Waals surface area (Å²) >= 11 is 1.83. The van der Waals surface area contributed by atoms with Gasteiger partial charge in [-0.05, 0) is 36.5 Å². The van der Waals surface area contributed by atoms with E-state index in [0.717, 1.165) is 34.9 Å². The first kappa shape index (κ1) is 12.7. The van der Waals surface area contributed by atoms with Crippen LogP contribution in [0, 0.1) is 0 Å². The van der Waals surface area contributed by atoms with Gasteiger partial charge in [0.25, 0.3) is 0 Å².